The van der Waals surface area contributed by atoms with E-state index < -0.39 is 23.7 Å². The fraction of sp³-hybridized carbons (Fsp3) is 0.435. The van der Waals surface area contributed by atoms with Crippen LogP contribution >= 0.6 is 0 Å². The van der Waals surface area contributed by atoms with Crippen molar-refractivity contribution >= 4 is 18.0 Å². The van der Waals surface area contributed by atoms with Crippen molar-refractivity contribution in [3.05, 3.63) is 61.2 Å². The number of carbonyl (C=O) groups excluding carboxylic acids is 3. The molecule has 0 aliphatic rings. The first-order chi connectivity index (χ1) is 14.2. The monoisotopic (exact) mass is 416 g/mol. The van der Waals surface area contributed by atoms with Gasteiger partial charge in [-0.3, -0.25) is 14.5 Å². The number of carbonyl (C=O) groups is 3. The molecule has 1 rings (SSSR count). The summed E-state index contributed by atoms with van der Waals surface area (Å²) in [5.41, 5.74) is 0.147. The van der Waals surface area contributed by atoms with Gasteiger partial charge < -0.3 is 14.8 Å². The van der Waals surface area contributed by atoms with E-state index >= 15 is 0 Å². The van der Waals surface area contributed by atoms with Crippen LogP contribution in [0, 0.1) is 0 Å². The number of rotatable bonds is 11. The Morgan fingerprint density at radius 1 is 1.13 bits per heavy atom. The van der Waals surface area contributed by atoms with E-state index in [2.05, 4.69) is 18.5 Å². The Labute approximate surface area is 178 Å². The molecule has 30 heavy (non-hydrogen) atoms. The van der Waals surface area contributed by atoms with Crippen LogP contribution in [0.25, 0.3) is 0 Å². The summed E-state index contributed by atoms with van der Waals surface area (Å²) in [5, 5.41) is 2.87. The fourth-order valence-electron chi connectivity index (χ4n) is 2.54. The number of hydrogen-bond donors (Lipinski definition) is 1. The Hall–Kier alpha value is -3.09. The van der Waals surface area contributed by atoms with Crippen LogP contribution in [0.3, 0.4) is 0 Å². The highest BCUT2D eigenvalue weighted by molar-refractivity contribution is 5.79. The van der Waals surface area contributed by atoms with Crippen LogP contribution in [-0.2, 0) is 19.1 Å². The lowest BCUT2D eigenvalue weighted by molar-refractivity contribution is -0.155. The predicted molar refractivity (Wildman–Crippen MR) is 116 cm³/mol. The Morgan fingerprint density at radius 3 is 2.37 bits per heavy atom. The van der Waals surface area contributed by atoms with E-state index in [0.717, 1.165) is 5.56 Å². The van der Waals surface area contributed by atoms with Crippen molar-refractivity contribution in [2.75, 3.05) is 19.7 Å². The predicted octanol–water partition coefficient (Wildman–Crippen LogP) is 3.78. The average molecular weight is 417 g/mol. The maximum Gasteiger partial charge on any atom is 0.410 e. The second-order valence-electron chi connectivity index (χ2n) is 7.69. The molecular formula is C23H32N2O5. The van der Waals surface area contributed by atoms with Gasteiger partial charge in [-0.05, 0) is 32.8 Å². The van der Waals surface area contributed by atoms with Gasteiger partial charge in [0.25, 0.3) is 0 Å². The second-order valence-corrected chi connectivity index (χ2v) is 7.69. The van der Waals surface area contributed by atoms with Gasteiger partial charge in [-0.25, -0.2) is 4.79 Å². The van der Waals surface area contributed by atoms with Gasteiger partial charge in [0.15, 0.2) is 0 Å². The molecule has 0 spiro atoms. The highest BCUT2D eigenvalue weighted by Crippen LogP contribution is 2.15. The molecule has 1 aromatic carbocycles. The van der Waals surface area contributed by atoms with E-state index in [4.69, 9.17) is 9.47 Å². The molecule has 0 saturated carbocycles. The number of nitrogens with one attached hydrogen (secondary N) is 1. The van der Waals surface area contributed by atoms with E-state index in [1.54, 1.807) is 26.8 Å². The minimum Gasteiger partial charge on any atom is -0.459 e. The summed E-state index contributed by atoms with van der Waals surface area (Å²) in [5.74, 6) is -0.713. The third-order valence-electron chi connectivity index (χ3n) is 3.83. The van der Waals surface area contributed by atoms with Crippen LogP contribution in [0.5, 0.6) is 0 Å². The van der Waals surface area contributed by atoms with E-state index in [1.807, 2.05) is 30.3 Å². The molecule has 0 radical (unpaired) electrons. The molecule has 0 unspecified atom stereocenters. The first kappa shape index (κ1) is 24.9. The molecule has 1 N–H and O–H groups in total. The third kappa shape index (κ3) is 9.91. The molecule has 7 nitrogen and oxygen atoms in total. The quantitative estimate of drug-likeness (QED) is 0.438. The highest BCUT2D eigenvalue weighted by Gasteiger charge is 2.24. The van der Waals surface area contributed by atoms with Gasteiger partial charge in [0.1, 0.15) is 18.8 Å². The van der Waals surface area contributed by atoms with Gasteiger partial charge in [-0.15, -0.1) is 13.2 Å². The zero-order valence-corrected chi connectivity index (χ0v) is 18.1. The number of ether oxygens (including phenoxy) is 2. The van der Waals surface area contributed by atoms with Crippen molar-refractivity contribution in [3.63, 3.8) is 0 Å². The van der Waals surface area contributed by atoms with E-state index in [0.29, 0.717) is 12.8 Å². The summed E-state index contributed by atoms with van der Waals surface area (Å²) >= 11 is 0. The Morgan fingerprint density at radius 2 is 1.80 bits per heavy atom. The standard InChI is InChI=1S/C23H32N2O5/c1-6-8-14-20(26)24-19(18-12-10-9-11-13-18)17-29-22(28)25(15-7-2)16-21(27)30-23(3,4)5/h6-7,9-13,19H,1-2,8,14-17H2,3-5H3,(H,24,26)/t19-/m0/s1. The van der Waals surface area contributed by atoms with Crippen LogP contribution in [0.4, 0.5) is 4.79 Å². The van der Waals surface area contributed by atoms with Gasteiger partial charge in [0.2, 0.25) is 5.91 Å². The molecule has 1 aromatic rings. The van der Waals surface area contributed by atoms with E-state index in [9.17, 15) is 14.4 Å². The van der Waals surface area contributed by atoms with E-state index in [1.165, 1.54) is 11.0 Å². The molecular weight excluding hydrogens is 384 g/mol. The van der Waals surface area contributed by atoms with Gasteiger partial charge in [0.05, 0.1) is 6.04 Å². The van der Waals surface area contributed by atoms with Crippen LogP contribution in [0.15, 0.2) is 55.6 Å². The summed E-state index contributed by atoms with van der Waals surface area (Å²) in [6, 6.07) is 8.71. The molecule has 0 bridgehead atoms. The van der Waals surface area contributed by atoms with Crippen molar-refractivity contribution in [1.82, 2.24) is 10.2 Å². The van der Waals surface area contributed by atoms with Crippen molar-refractivity contribution in [2.24, 2.45) is 0 Å². The van der Waals surface area contributed by atoms with Crippen LogP contribution < -0.4 is 5.32 Å². The molecule has 164 valence electrons. The Bertz CT molecular complexity index is 725. The summed E-state index contributed by atoms with van der Waals surface area (Å²) in [7, 11) is 0. The lowest BCUT2D eigenvalue weighted by Gasteiger charge is -2.25. The van der Waals surface area contributed by atoms with Gasteiger partial charge in [-0.1, -0.05) is 42.5 Å². The number of allylic oxidation sites excluding steroid dienone is 1. The number of esters is 1. The first-order valence-corrected chi connectivity index (χ1v) is 9.86. The van der Waals surface area contributed by atoms with E-state index in [-0.39, 0.29) is 25.6 Å². The van der Waals surface area contributed by atoms with Crippen LogP contribution in [-0.4, -0.2) is 48.2 Å². The molecule has 1 atom stereocenters. The highest BCUT2D eigenvalue weighted by atomic mass is 16.6. The number of benzene rings is 1. The maximum atomic E-state index is 12.6. The second kappa shape index (κ2) is 12.5. The third-order valence-corrected chi connectivity index (χ3v) is 3.83. The zero-order chi connectivity index (χ0) is 22.6. The number of amides is 2. The van der Waals surface area contributed by atoms with Crippen molar-refractivity contribution in [1.29, 1.82) is 0 Å². The van der Waals surface area contributed by atoms with Crippen LogP contribution in [0.1, 0.15) is 45.2 Å². The smallest absolute Gasteiger partial charge is 0.410 e. The lowest BCUT2D eigenvalue weighted by Crippen LogP contribution is -2.40. The minimum atomic E-state index is -0.693. The normalized spacial score (nSPS) is 11.7. The summed E-state index contributed by atoms with van der Waals surface area (Å²) < 4.78 is 10.7. The van der Waals surface area contributed by atoms with Crippen LogP contribution in [0.2, 0.25) is 0 Å². The molecule has 0 aliphatic heterocycles. The summed E-state index contributed by atoms with van der Waals surface area (Å²) in [6.45, 7) is 12.3. The molecule has 0 heterocycles. The number of hydrogen-bond acceptors (Lipinski definition) is 5. The Balaban J connectivity index is 2.79. The zero-order valence-electron chi connectivity index (χ0n) is 18.1. The van der Waals surface area contributed by atoms with Crippen molar-refractivity contribution < 1.29 is 23.9 Å². The number of nitrogens with zero attached hydrogens (tertiary/aromatic N) is 1. The molecule has 0 saturated heterocycles. The SMILES string of the molecule is C=CCCC(=O)N[C@@H](COC(=O)N(CC=C)CC(=O)OC(C)(C)C)c1ccccc1. The molecule has 0 aliphatic carbocycles. The lowest BCUT2D eigenvalue weighted by atomic mass is 10.1. The fourth-order valence-corrected chi connectivity index (χ4v) is 2.54. The van der Waals surface area contributed by atoms with Gasteiger partial charge >= 0.3 is 12.1 Å². The molecule has 0 aromatic heterocycles. The van der Waals surface area contributed by atoms with Crippen molar-refractivity contribution in [3.8, 4) is 0 Å². The average Bonchev–Trinajstić information content (AvgIpc) is 2.68. The Kier molecular flexibility index (Phi) is 10.4. The first-order valence-electron chi connectivity index (χ1n) is 9.86. The summed E-state index contributed by atoms with van der Waals surface area (Å²) in [4.78, 5) is 38.0. The molecule has 0 fully saturated rings. The van der Waals surface area contributed by atoms with Gasteiger partial charge in [0, 0.05) is 13.0 Å². The maximum absolute atomic E-state index is 12.6. The minimum absolute atomic E-state index is 0.0787. The van der Waals surface area contributed by atoms with Gasteiger partial charge in [-0.2, -0.15) is 0 Å². The topological polar surface area (TPSA) is 84.9 Å². The van der Waals surface area contributed by atoms with Crippen molar-refractivity contribution in [2.45, 2.75) is 45.3 Å². The summed E-state index contributed by atoms with van der Waals surface area (Å²) in [6.07, 6.45) is 3.32. The molecule has 7 heteroatoms. The molecule has 2 amide bonds. The largest absolute Gasteiger partial charge is 0.459 e.